The number of carbonyl (C=O) groups excluding carboxylic acids is 1. The minimum Gasteiger partial charge on any atom is -0.481 e. The zero-order chi connectivity index (χ0) is 23.3. The average molecular weight is 473 g/mol. The van der Waals surface area contributed by atoms with Crippen molar-refractivity contribution in [1.29, 1.82) is 0 Å². The summed E-state index contributed by atoms with van der Waals surface area (Å²) < 4.78 is 33.5. The standard InChI is InChI=1S/C24H25ClN2O4S/c1-16(2)20-8-4-7-11-23(20)31-17(3)24(28)26-18-12-14-19(15-13-18)32(29,30)27-22-10-6-5-9-21(22)25/h4-17,27H,1-3H3,(H,26,28)/t17-/m1/s1. The van der Waals surface area contributed by atoms with Crippen molar-refractivity contribution >= 4 is 38.9 Å². The first-order valence-corrected chi connectivity index (χ1v) is 12.0. The van der Waals surface area contributed by atoms with E-state index in [1.807, 2.05) is 24.3 Å². The number of nitrogens with one attached hydrogen (secondary N) is 2. The van der Waals surface area contributed by atoms with E-state index in [0.29, 0.717) is 22.1 Å². The smallest absolute Gasteiger partial charge is 0.265 e. The third kappa shape index (κ3) is 5.81. The van der Waals surface area contributed by atoms with Crippen LogP contribution >= 0.6 is 11.6 Å². The van der Waals surface area contributed by atoms with Crippen LogP contribution in [-0.4, -0.2) is 20.4 Å². The third-order valence-corrected chi connectivity index (χ3v) is 6.48. The molecule has 168 valence electrons. The van der Waals surface area contributed by atoms with E-state index in [0.717, 1.165) is 5.56 Å². The van der Waals surface area contributed by atoms with Gasteiger partial charge >= 0.3 is 0 Å². The summed E-state index contributed by atoms with van der Waals surface area (Å²) in [4.78, 5) is 12.6. The number of benzene rings is 3. The third-order valence-electron chi connectivity index (χ3n) is 4.76. The molecule has 32 heavy (non-hydrogen) atoms. The van der Waals surface area contributed by atoms with Crippen molar-refractivity contribution < 1.29 is 17.9 Å². The van der Waals surface area contributed by atoms with E-state index in [1.54, 1.807) is 31.2 Å². The fourth-order valence-corrected chi connectivity index (χ4v) is 4.34. The SMILES string of the molecule is CC(C)c1ccccc1O[C@H](C)C(=O)Nc1ccc(S(=O)(=O)Nc2ccccc2Cl)cc1. The van der Waals surface area contributed by atoms with Crippen LogP contribution in [-0.2, 0) is 14.8 Å². The van der Waals surface area contributed by atoms with Crippen molar-refractivity contribution in [2.24, 2.45) is 0 Å². The summed E-state index contributed by atoms with van der Waals surface area (Å²) in [5.74, 6) is 0.584. The Bertz CT molecular complexity index is 1190. The molecule has 0 bridgehead atoms. The van der Waals surface area contributed by atoms with Gasteiger partial charge in [0, 0.05) is 5.69 Å². The first-order valence-electron chi connectivity index (χ1n) is 10.1. The van der Waals surface area contributed by atoms with Crippen molar-refractivity contribution in [3.05, 3.63) is 83.4 Å². The summed E-state index contributed by atoms with van der Waals surface area (Å²) in [6, 6.07) is 20.0. The molecule has 0 unspecified atom stereocenters. The van der Waals surface area contributed by atoms with Crippen LogP contribution in [0, 0.1) is 0 Å². The molecule has 1 atom stereocenters. The molecule has 3 aromatic rings. The van der Waals surface area contributed by atoms with Crippen LogP contribution in [0.15, 0.2) is 77.7 Å². The first-order chi connectivity index (χ1) is 15.2. The Morgan fingerprint density at radius 1 is 0.906 bits per heavy atom. The van der Waals surface area contributed by atoms with Crippen LogP contribution in [0.25, 0.3) is 0 Å². The summed E-state index contributed by atoms with van der Waals surface area (Å²) in [6.07, 6.45) is -0.736. The zero-order valence-corrected chi connectivity index (χ0v) is 19.6. The van der Waals surface area contributed by atoms with Crippen molar-refractivity contribution in [2.45, 2.75) is 37.7 Å². The lowest BCUT2D eigenvalue weighted by molar-refractivity contribution is -0.122. The van der Waals surface area contributed by atoms with Gasteiger partial charge in [0.1, 0.15) is 5.75 Å². The number of sulfonamides is 1. The summed E-state index contributed by atoms with van der Waals surface area (Å²) in [5.41, 5.74) is 1.77. The molecule has 8 heteroatoms. The highest BCUT2D eigenvalue weighted by molar-refractivity contribution is 7.92. The molecule has 6 nitrogen and oxygen atoms in total. The van der Waals surface area contributed by atoms with Gasteiger partial charge in [-0.05, 0) is 60.9 Å². The molecule has 1 amide bonds. The lowest BCUT2D eigenvalue weighted by Crippen LogP contribution is -2.30. The van der Waals surface area contributed by atoms with Gasteiger partial charge in [-0.15, -0.1) is 0 Å². The van der Waals surface area contributed by atoms with Crippen LogP contribution in [0.3, 0.4) is 0 Å². The molecular weight excluding hydrogens is 448 g/mol. The van der Waals surface area contributed by atoms with Gasteiger partial charge in [-0.25, -0.2) is 8.42 Å². The Hall–Kier alpha value is -3.03. The maximum Gasteiger partial charge on any atom is 0.265 e. The van der Waals surface area contributed by atoms with Gasteiger partial charge in [-0.1, -0.05) is 55.8 Å². The minimum atomic E-state index is -3.82. The molecule has 3 aromatic carbocycles. The predicted molar refractivity (Wildman–Crippen MR) is 128 cm³/mol. The second-order valence-corrected chi connectivity index (χ2v) is 9.64. The van der Waals surface area contributed by atoms with E-state index < -0.39 is 16.1 Å². The number of para-hydroxylation sites is 2. The number of hydrogen-bond donors (Lipinski definition) is 2. The highest BCUT2D eigenvalue weighted by Gasteiger charge is 2.19. The number of ether oxygens (including phenoxy) is 1. The predicted octanol–water partition coefficient (Wildman–Crippen LogP) is 5.67. The molecule has 3 rings (SSSR count). The molecule has 0 spiro atoms. The highest BCUT2D eigenvalue weighted by atomic mass is 35.5. The van der Waals surface area contributed by atoms with Gasteiger partial charge in [-0.3, -0.25) is 9.52 Å². The number of hydrogen-bond acceptors (Lipinski definition) is 4. The Morgan fingerprint density at radius 3 is 2.19 bits per heavy atom. The Morgan fingerprint density at radius 2 is 1.53 bits per heavy atom. The number of amides is 1. The van der Waals surface area contributed by atoms with Crippen LogP contribution in [0.4, 0.5) is 11.4 Å². The van der Waals surface area contributed by atoms with E-state index in [-0.39, 0.29) is 16.7 Å². The number of halogens is 1. The van der Waals surface area contributed by atoms with Crippen LogP contribution < -0.4 is 14.8 Å². The van der Waals surface area contributed by atoms with Gasteiger partial charge in [0.05, 0.1) is 15.6 Å². The largest absolute Gasteiger partial charge is 0.481 e. The average Bonchev–Trinajstić information content (AvgIpc) is 2.76. The summed E-state index contributed by atoms with van der Waals surface area (Å²) in [6.45, 7) is 5.78. The van der Waals surface area contributed by atoms with E-state index >= 15 is 0 Å². The number of carbonyl (C=O) groups is 1. The van der Waals surface area contributed by atoms with E-state index in [2.05, 4.69) is 23.9 Å². The van der Waals surface area contributed by atoms with Crippen molar-refractivity contribution in [3.8, 4) is 5.75 Å². The van der Waals surface area contributed by atoms with Gasteiger partial charge in [0.25, 0.3) is 15.9 Å². The van der Waals surface area contributed by atoms with Crippen LogP contribution in [0.5, 0.6) is 5.75 Å². The van der Waals surface area contributed by atoms with Crippen LogP contribution in [0.2, 0.25) is 5.02 Å². The van der Waals surface area contributed by atoms with E-state index in [9.17, 15) is 13.2 Å². The molecule has 0 saturated heterocycles. The lowest BCUT2D eigenvalue weighted by Gasteiger charge is -2.18. The molecule has 0 aliphatic carbocycles. The highest BCUT2D eigenvalue weighted by Crippen LogP contribution is 2.27. The molecule has 0 heterocycles. The van der Waals surface area contributed by atoms with Crippen molar-refractivity contribution in [1.82, 2.24) is 0 Å². The maximum atomic E-state index is 12.6. The second kappa shape index (κ2) is 10.1. The fourth-order valence-electron chi connectivity index (χ4n) is 3.02. The normalized spacial score (nSPS) is 12.3. The van der Waals surface area contributed by atoms with Gasteiger partial charge in [-0.2, -0.15) is 0 Å². The van der Waals surface area contributed by atoms with Gasteiger partial charge in [0.2, 0.25) is 0 Å². The Labute approximate surface area is 193 Å². The topological polar surface area (TPSA) is 84.5 Å². The van der Waals surface area contributed by atoms with E-state index in [4.69, 9.17) is 16.3 Å². The number of anilines is 2. The number of rotatable bonds is 8. The van der Waals surface area contributed by atoms with Gasteiger partial charge in [0.15, 0.2) is 6.10 Å². The summed E-state index contributed by atoms with van der Waals surface area (Å²) in [7, 11) is -3.82. The molecule has 0 fully saturated rings. The second-order valence-electron chi connectivity index (χ2n) is 7.55. The van der Waals surface area contributed by atoms with E-state index in [1.165, 1.54) is 24.3 Å². The fraction of sp³-hybridized carbons (Fsp3) is 0.208. The van der Waals surface area contributed by atoms with Gasteiger partial charge < -0.3 is 10.1 Å². The lowest BCUT2D eigenvalue weighted by atomic mass is 10.0. The summed E-state index contributed by atoms with van der Waals surface area (Å²) in [5, 5.41) is 3.05. The van der Waals surface area contributed by atoms with Crippen molar-refractivity contribution in [2.75, 3.05) is 10.0 Å². The zero-order valence-electron chi connectivity index (χ0n) is 18.0. The molecule has 0 aliphatic rings. The minimum absolute atomic E-state index is 0.0468. The monoisotopic (exact) mass is 472 g/mol. The molecule has 0 aliphatic heterocycles. The molecular formula is C24H25ClN2O4S. The molecule has 0 radical (unpaired) electrons. The Kier molecular flexibility index (Phi) is 7.43. The molecule has 0 aromatic heterocycles. The van der Waals surface area contributed by atoms with Crippen molar-refractivity contribution in [3.63, 3.8) is 0 Å². The summed E-state index contributed by atoms with van der Waals surface area (Å²) >= 11 is 6.03. The first kappa shape index (κ1) is 23.6. The quantitative estimate of drug-likeness (QED) is 0.442. The maximum absolute atomic E-state index is 12.6. The molecule has 0 saturated carbocycles. The molecule has 2 N–H and O–H groups in total. The Balaban J connectivity index is 1.66. The van der Waals surface area contributed by atoms with Crippen LogP contribution in [0.1, 0.15) is 32.3 Å².